The van der Waals surface area contributed by atoms with Crippen LogP contribution in [0.4, 0.5) is 0 Å². The third kappa shape index (κ3) is 1.90. The van der Waals surface area contributed by atoms with E-state index < -0.39 is 0 Å². The predicted molar refractivity (Wildman–Crippen MR) is 48.1 cm³/mol. The van der Waals surface area contributed by atoms with Gasteiger partial charge in [-0.1, -0.05) is 32.9 Å². The van der Waals surface area contributed by atoms with E-state index in [1.54, 1.807) is 0 Å². The number of nitrogens with zero attached hydrogens (tertiary/aromatic N) is 1. The average Bonchev–Trinajstić information content (AvgIpc) is 1.86. The van der Waals surface area contributed by atoms with E-state index in [2.05, 4.69) is 32.9 Å². The first-order chi connectivity index (χ1) is 4.42. The first-order valence-corrected chi connectivity index (χ1v) is 4.90. The average molecular weight is 159 g/mol. The van der Waals surface area contributed by atoms with Gasteiger partial charge in [0.15, 0.2) is 0 Å². The number of nitroso groups, excluding NO2 is 1. The molecule has 0 saturated carbocycles. The number of hydrogen-bond donors (Lipinski definition) is 0. The molecule has 0 radical (unpaired) electrons. The summed E-state index contributed by atoms with van der Waals surface area (Å²) in [5.74, 6) is 0.535. The molecule has 0 aliphatic heterocycles. The topological polar surface area (TPSA) is 29.4 Å². The Bertz CT molecular complexity index is 123. The van der Waals surface area contributed by atoms with Gasteiger partial charge in [0.1, 0.15) is 0 Å². The van der Waals surface area contributed by atoms with Gasteiger partial charge in [-0.2, -0.15) is 4.91 Å². The van der Waals surface area contributed by atoms with Crippen LogP contribution in [0.5, 0.6) is 0 Å². The number of hydrogen-bond acceptors (Lipinski definition) is 2. The zero-order valence-electron chi connectivity index (χ0n) is 7.51. The monoisotopic (exact) mass is 159 g/mol. The molecule has 0 amide bonds. The van der Waals surface area contributed by atoms with Crippen LogP contribution in [0.3, 0.4) is 0 Å². The molecule has 0 N–H and O–H groups in total. The molecule has 1 atom stereocenters. The van der Waals surface area contributed by atoms with Crippen molar-refractivity contribution >= 4 is 10.2 Å². The SMILES string of the molecule is CC(C)C(C)(C)C([SiH3])N=O. The van der Waals surface area contributed by atoms with Crippen molar-refractivity contribution in [2.75, 3.05) is 0 Å². The maximum atomic E-state index is 10.2. The van der Waals surface area contributed by atoms with Crippen LogP contribution < -0.4 is 0 Å². The first-order valence-electron chi connectivity index (χ1n) is 3.75. The standard InChI is InChI=1S/C7H17NOSi/c1-5(2)7(3,4)6(10)8-9/h5-6H,1-4,10H3. The minimum atomic E-state index is 0.0486. The van der Waals surface area contributed by atoms with E-state index in [0.717, 1.165) is 10.2 Å². The lowest BCUT2D eigenvalue weighted by Gasteiger charge is -2.31. The second-order valence-corrected chi connectivity index (χ2v) is 4.85. The number of rotatable bonds is 3. The Morgan fingerprint density at radius 1 is 1.40 bits per heavy atom. The highest BCUT2D eigenvalue weighted by molar-refractivity contribution is 6.12. The summed E-state index contributed by atoms with van der Waals surface area (Å²) in [6.07, 6.45) is 0. The first kappa shape index (κ1) is 9.82. The summed E-state index contributed by atoms with van der Waals surface area (Å²) in [6, 6.07) is 0. The van der Waals surface area contributed by atoms with Gasteiger partial charge in [0.2, 0.25) is 0 Å². The van der Waals surface area contributed by atoms with Crippen LogP contribution in [-0.4, -0.2) is 15.9 Å². The van der Waals surface area contributed by atoms with Gasteiger partial charge in [-0.25, -0.2) is 0 Å². The van der Waals surface area contributed by atoms with Crippen molar-refractivity contribution in [3.8, 4) is 0 Å². The van der Waals surface area contributed by atoms with Gasteiger partial charge in [0.25, 0.3) is 0 Å². The smallest absolute Gasteiger partial charge is 0.0781 e. The fourth-order valence-corrected chi connectivity index (χ4v) is 1.28. The van der Waals surface area contributed by atoms with Gasteiger partial charge in [-0.3, -0.25) is 0 Å². The molecule has 3 heteroatoms. The van der Waals surface area contributed by atoms with Gasteiger partial charge in [-0.15, -0.1) is 0 Å². The lowest BCUT2D eigenvalue weighted by Crippen LogP contribution is -2.32. The minimum absolute atomic E-state index is 0.0486. The van der Waals surface area contributed by atoms with Gasteiger partial charge < -0.3 is 0 Å². The summed E-state index contributed by atoms with van der Waals surface area (Å²) in [4.78, 5) is 10.2. The summed E-state index contributed by atoms with van der Waals surface area (Å²) in [5.41, 5.74) is 0.140. The van der Waals surface area contributed by atoms with Crippen LogP contribution >= 0.6 is 0 Å². The molecule has 0 aromatic carbocycles. The molecule has 0 rings (SSSR count). The third-order valence-corrected chi connectivity index (χ3v) is 4.42. The Morgan fingerprint density at radius 2 is 1.80 bits per heavy atom. The predicted octanol–water partition coefficient (Wildman–Crippen LogP) is 1.13. The fraction of sp³-hybridized carbons (Fsp3) is 1.00. The highest BCUT2D eigenvalue weighted by Crippen LogP contribution is 2.30. The van der Waals surface area contributed by atoms with Gasteiger partial charge in [0, 0.05) is 10.2 Å². The molecule has 0 spiro atoms. The van der Waals surface area contributed by atoms with E-state index in [1.165, 1.54) is 0 Å². The molecule has 0 heterocycles. The maximum Gasteiger partial charge on any atom is 0.0781 e. The van der Waals surface area contributed by atoms with E-state index in [9.17, 15) is 4.91 Å². The zero-order chi connectivity index (χ0) is 8.36. The summed E-state index contributed by atoms with van der Waals surface area (Å²) < 4.78 is 0. The van der Waals surface area contributed by atoms with Crippen LogP contribution in [0, 0.1) is 16.2 Å². The molecule has 0 saturated heterocycles. The molecule has 0 aliphatic carbocycles. The van der Waals surface area contributed by atoms with Gasteiger partial charge >= 0.3 is 0 Å². The van der Waals surface area contributed by atoms with E-state index in [4.69, 9.17) is 0 Å². The summed E-state index contributed by atoms with van der Waals surface area (Å²) in [6.45, 7) is 8.49. The largest absolute Gasteiger partial charge is 0.151 e. The summed E-state index contributed by atoms with van der Waals surface area (Å²) in [7, 11) is 0.867. The van der Waals surface area contributed by atoms with Crippen molar-refractivity contribution in [2.45, 2.75) is 33.4 Å². The summed E-state index contributed by atoms with van der Waals surface area (Å²) >= 11 is 0. The quantitative estimate of drug-likeness (QED) is 0.448. The normalized spacial score (nSPS) is 15.7. The molecule has 60 valence electrons. The van der Waals surface area contributed by atoms with E-state index in [1.807, 2.05) is 0 Å². The fourth-order valence-electron chi connectivity index (χ4n) is 0.618. The maximum absolute atomic E-state index is 10.2. The van der Waals surface area contributed by atoms with E-state index in [0.29, 0.717) is 5.92 Å². The molecule has 0 aromatic heterocycles. The Kier molecular flexibility index (Phi) is 3.22. The van der Waals surface area contributed by atoms with Crippen LogP contribution in [0.2, 0.25) is 0 Å². The molecule has 1 unspecified atom stereocenters. The highest BCUT2D eigenvalue weighted by atomic mass is 28.1. The Morgan fingerprint density at radius 3 is 1.90 bits per heavy atom. The van der Waals surface area contributed by atoms with Crippen LogP contribution in [0.15, 0.2) is 5.18 Å². The van der Waals surface area contributed by atoms with Crippen molar-refractivity contribution in [2.24, 2.45) is 16.5 Å². The van der Waals surface area contributed by atoms with E-state index >= 15 is 0 Å². The highest BCUT2D eigenvalue weighted by Gasteiger charge is 2.29. The van der Waals surface area contributed by atoms with Crippen molar-refractivity contribution in [3.05, 3.63) is 4.91 Å². The lowest BCUT2D eigenvalue weighted by molar-refractivity contribution is 0.239. The van der Waals surface area contributed by atoms with Crippen molar-refractivity contribution in [1.29, 1.82) is 0 Å². The molecular weight excluding hydrogens is 142 g/mol. The molecular formula is C7H17NOSi. The lowest BCUT2D eigenvalue weighted by atomic mass is 9.81. The Labute approximate surface area is 65.8 Å². The third-order valence-electron chi connectivity index (χ3n) is 2.72. The zero-order valence-corrected chi connectivity index (χ0v) is 9.51. The van der Waals surface area contributed by atoms with Crippen LogP contribution in [0.1, 0.15) is 27.7 Å². The molecule has 0 aromatic rings. The van der Waals surface area contributed by atoms with Gasteiger partial charge in [0.05, 0.1) is 5.67 Å². The molecule has 2 nitrogen and oxygen atoms in total. The van der Waals surface area contributed by atoms with Crippen molar-refractivity contribution < 1.29 is 0 Å². The van der Waals surface area contributed by atoms with Crippen LogP contribution in [0.25, 0.3) is 0 Å². The van der Waals surface area contributed by atoms with E-state index in [-0.39, 0.29) is 11.1 Å². The minimum Gasteiger partial charge on any atom is -0.151 e. The van der Waals surface area contributed by atoms with Crippen LogP contribution in [-0.2, 0) is 0 Å². The summed E-state index contributed by atoms with van der Waals surface area (Å²) in [5, 5.41) is 3.09. The van der Waals surface area contributed by atoms with Gasteiger partial charge in [-0.05, 0) is 11.3 Å². The molecule has 0 aliphatic rings. The molecule has 10 heavy (non-hydrogen) atoms. The Hall–Kier alpha value is -0.183. The molecule has 0 fully saturated rings. The second kappa shape index (κ2) is 3.28. The Balaban J connectivity index is 4.22. The molecule has 0 bridgehead atoms. The second-order valence-electron chi connectivity index (χ2n) is 3.76. The van der Waals surface area contributed by atoms with Crippen molar-refractivity contribution in [3.63, 3.8) is 0 Å². The van der Waals surface area contributed by atoms with Crippen molar-refractivity contribution in [1.82, 2.24) is 0 Å².